The van der Waals surface area contributed by atoms with Gasteiger partial charge < -0.3 is 24.4 Å². The number of unbranched alkanes of at least 4 members (excludes halogenated alkanes) is 9. The number of methoxy groups -OCH3 is 2. The molecule has 1 atom stereocenters. The molecular weight excluding hydrogens is 530 g/mol. The SMILES string of the molecule is CCCCCCCCCCCCOC(=O)CC1C(=O)NCCN1C(=S)NC(=O)/C=C/c1ccc(OC)c(OC)c1. The number of thiocarbonyl (C=S) groups is 1. The fraction of sp³-hybridized carbons (Fsp3) is 0.600. The van der Waals surface area contributed by atoms with E-state index in [0.29, 0.717) is 31.2 Å². The third-order valence-corrected chi connectivity index (χ3v) is 7.11. The van der Waals surface area contributed by atoms with Crippen LogP contribution in [0.1, 0.15) is 83.1 Å². The van der Waals surface area contributed by atoms with Gasteiger partial charge in [-0.25, -0.2) is 0 Å². The molecule has 0 spiro atoms. The van der Waals surface area contributed by atoms with Crippen LogP contribution in [-0.4, -0.2) is 67.8 Å². The van der Waals surface area contributed by atoms with Crippen LogP contribution in [0.15, 0.2) is 24.3 Å². The van der Waals surface area contributed by atoms with Gasteiger partial charge in [-0.1, -0.05) is 70.8 Å². The van der Waals surface area contributed by atoms with Crippen LogP contribution in [0, 0.1) is 0 Å². The highest BCUT2D eigenvalue weighted by molar-refractivity contribution is 7.80. The second-order valence-corrected chi connectivity index (χ2v) is 10.2. The number of carbonyl (C=O) groups excluding carboxylic acids is 3. The molecule has 40 heavy (non-hydrogen) atoms. The smallest absolute Gasteiger partial charge is 0.308 e. The molecule has 2 amide bonds. The number of rotatable bonds is 17. The van der Waals surface area contributed by atoms with E-state index < -0.39 is 17.9 Å². The molecule has 0 saturated carbocycles. The average Bonchev–Trinajstić information content (AvgIpc) is 2.95. The molecule has 2 N–H and O–H groups in total. The largest absolute Gasteiger partial charge is 0.493 e. The minimum Gasteiger partial charge on any atom is -0.493 e. The number of piperazine rings is 1. The first-order chi connectivity index (χ1) is 19.4. The Morgan fingerprint density at radius 1 is 1.02 bits per heavy atom. The lowest BCUT2D eigenvalue weighted by molar-refractivity contribution is -0.147. The zero-order valence-electron chi connectivity index (χ0n) is 24.2. The van der Waals surface area contributed by atoms with Gasteiger partial charge in [-0.15, -0.1) is 0 Å². The number of ether oxygens (including phenoxy) is 3. The third-order valence-electron chi connectivity index (χ3n) is 6.78. The second-order valence-electron chi connectivity index (χ2n) is 9.85. The van der Waals surface area contributed by atoms with Crippen molar-refractivity contribution < 1.29 is 28.6 Å². The predicted molar refractivity (Wildman–Crippen MR) is 160 cm³/mol. The summed E-state index contributed by atoms with van der Waals surface area (Å²) in [5, 5.41) is 5.47. The number of carbonyl (C=O) groups is 3. The van der Waals surface area contributed by atoms with Crippen molar-refractivity contribution in [2.24, 2.45) is 0 Å². The van der Waals surface area contributed by atoms with Crippen LogP contribution in [-0.2, 0) is 19.1 Å². The van der Waals surface area contributed by atoms with Crippen molar-refractivity contribution in [3.63, 3.8) is 0 Å². The Morgan fingerprint density at radius 3 is 2.33 bits per heavy atom. The fourth-order valence-electron chi connectivity index (χ4n) is 4.50. The summed E-state index contributed by atoms with van der Waals surface area (Å²) in [4.78, 5) is 39.1. The van der Waals surface area contributed by atoms with E-state index in [9.17, 15) is 14.4 Å². The molecule has 1 fully saturated rings. The Kier molecular flexibility index (Phi) is 15.7. The van der Waals surface area contributed by atoms with Gasteiger partial charge in [0.1, 0.15) is 6.04 Å². The molecule has 10 heteroatoms. The zero-order chi connectivity index (χ0) is 29.2. The highest BCUT2D eigenvalue weighted by atomic mass is 32.1. The van der Waals surface area contributed by atoms with Crippen molar-refractivity contribution in [2.75, 3.05) is 33.9 Å². The monoisotopic (exact) mass is 575 g/mol. The Hall–Kier alpha value is -3.14. The summed E-state index contributed by atoms with van der Waals surface area (Å²) >= 11 is 5.41. The van der Waals surface area contributed by atoms with Gasteiger partial charge in [0.2, 0.25) is 11.8 Å². The van der Waals surface area contributed by atoms with Crippen molar-refractivity contribution >= 4 is 41.2 Å². The summed E-state index contributed by atoms with van der Waals surface area (Å²) in [7, 11) is 3.09. The van der Waals surface area contributed by atoms with Gasteiger partial charge in [0.15, 0.2) is 16.6 Å². The third kappa shape index (κ3) is 11.9. The van der Waals surface area contributed by atoms with Gasteiger partial charge in [0.25, 0.3) is 0 Å². The molecule has 222 valence electrons. The molecule has 0 aromatic heterocycles. The van der Waals surface area contributed by atoms with Crippen LogP contribution >= 0.6 is 12.2 Å². The second kappa shape index (κ2) is 19.0. The molecule has 0 radical (unpaired) electrons. The highest BCUT2D eigenvalue weighted by Crippen LogP contribution is 2.28. The Balaban J connectivity index is 1.76. The maximum atomic E-state index is 12.5. The van der Waals surface area contributed by atoms with Gasteiger partial charge in [0, 0.05) is 19.2 Å². The first-order valence-corrected chi connectivity index (χ1v) is 14.8. The van der Waals surface area contributed by atoms with Gasteiger partial charge in [-0.3, -0.25) is 19.7 Å². The number of benzene rings is 1. The molecule has 0 bridgehead atoms. The Labute approximate surface area is 244 Å². The number of amides is 2. The number of nitrogens with one attached hydrogen (secondary N) is 2. The normalized spacial score (nSPS) is 15.0. The topological polar surface area (TPSA) is 106 Å². The number of esters is 1. The van der Waals surface area contributed by atoms with Crippen molar-refractivity contribution in [1.82, 2.24) is 15.5 Å². The molecule has 2 rings (SSSR count). The quantitative estimate of drug-likeness (QED) is 0.118. The number of hydrogen-bond donors (Lipinski definition) is 2. The lowest BCUT2D eigenvalue weighted by Crippen LogP contribution is -2.60. The van der Waals surface area contributed by atoms with E-state index in [1.54, 1.807) is 36.3 Å². The minimum atomic E-state index is -0.836. The van der Waals surface area contributed by atoms with Crippen LogP contribution in [0.25, 0.3) is 6.08 Å². The molecule has 1 heterocycles. The Bertz CT molecular complexity index is 1000. The van der Waals surface area contributed by atoms with Crippen molar-refractivity contribution in [2.45, 2.75) is 83.6 Å². The molecule has 9 nitrogen and oxygen atoms in total. The van der Waals surface area contributed by atoms with E-state index >= 15 is 0 Å². The lowest BCUT2D eigenvalue weighted by Gasteiger charge is -2.36. The molecular formula is C30H45N3O6S. The summed E-state index contributed by atoms with van der Waals surface area (Å²) in [6, 6.07) is 4.44. The van der Waals surface area contributed by atoms with E-state index in [2.05, 4.69) is 17.6 Å². The number of nitrogens with zero attached hydrogens (tertiary/aromatic N) is 1. The first-order valence-electron chi connectivity index (χ1n) is 14.3. The van der Waals surface area contributed by atoms with Crippen molar-refractivity contribution in [3.8, 4) is 11.5 Å². The molecule has 1 aromatic rings. The summed E-state index contributed by atoms with van der Waals surface area (Å²) in [6.45, 7) is 3.30. The predicted octanol–water partition coefficient (Wildman–Crippen LogP) is 4.77. The van der Waals surface area contributed by atoms with Gasteiger partial charge in [-0.05, 0) is 42.4 Å². The standard InChI is InChI=1S/C30H45N3O6S/c1-4-5-6-7-8-9-10-11-12-13-20-39-28(35)22-24-29(36)31-18-19-33(24)30(40)32-27(34)17-15-23-14-16-25(37-2)26(21-23)38-3/h14-17,21,24H,4-13,18-20,22H2,1-3H3,(H,31,36)(H,32,34,40)/b17-15+. The summed E-state index contributed by atoms with van der Waals surface area (Å²) < 4.78 is 15.9. The minimum absolute atomic E-state index is 0.0873. The molecule has 1 aliphatic heterocycles. The molecule has 1 aliphatic rings. The molecule has 1 aromatic carbocycles. The number of hydrogen-bond acceptors (Lipinski definition) is 7. The van der Waals surface area contributed by atoms with E-state index in [0.717, 1.165) is 24.8 Å². The summed E-state index contributed by atoms with van der Waals surface area (Å²) in [6.07, 6.45) is 14.8. The van der Waals surface area contributed by atoms with Crippen LogP contribution in [0.2, 0.25) is 0 Å². The van der Waals surface area contributed by atoms with Crippen LogP contribution < -0.4 is 20.1 Å². The van der Waals surface area contributed by atoms with Crippen molar-refractivity contribution in [3.05, 3.63) is 29.8 Å². The highest BCUT2D eigenvalue weighted by Gasteiger charge is 2.34. The van der Waals surface area contributed by atoms with Crippen LogP contribution in [0.4, 0.5) is 0 Å². The molecule has 1 unspecified atom stereocenters. The molecule has 0 aliphatic carbocycles. The van der Waals surface area contributed by atoms with E-state index in [-0.39, 0.29) is 17.4 Å². The average molecular weight is 576 g/mol. The summed E-state index contributed by atoms with van der Waals surface area (Å²) in [5.41, 5.74) is 0.735. The lowest BCUT2D eigenvalue weighted by atomic mass is 10.1. The zero-order valence-corrected chi connectivity index (χ0v) is 25.0. The molecule has 1 saturated heterocycles. The van der Waals surface area contributed by atoms with E-state index in [1.165, 1.54) is 58.1 Å². The van der Waals surface area contributed by atoms with E-state index in [1.807, 2.05) is 0 Å². The van der Waals surface area contributed by atoms with E-state index in [4.69, 9.17) is 26.4 Å². The first kappa shape index (κ1) is 33.1. The Morgan fingerprint density at radius 2 is 1.68 bits per heavy atom. The maximum absolute atomic E-state index is 12.5. The van der Waals surface area contributed by atoms with Gasteiger partial charge >= 0.3 is 5.97 Å². The van der Waals surface area contributed by atoms with Gasteiger partial charge in [0.05, 0.1) is 27.2 Å². The van der Waals surface area contributed by atoms with Crippen molar-refractivity contribution in [1.29, 1.82) is 0 Å². The fourth-order valence-corrected chi connectivity index (χ4v) is 4.82. The van der Waals surface area contributed by atoms with Gasteiger partial charge in [-0.2, -0.15) is 0 Å². The summed E-state index contributed by atoms with van der Waals surface area (Å²) in [5.74, 6) is -0.0948. The van der Waals surface area contributed by atoms with Crippen LogP contribution in [0.3, 0.4) is 0 Å². The van der Waals surface area contributed by atoms with Crippen LogP contribution in [0.5, 0.6) is 11.5 Å². The maximum Gasteiger partial charge on any atom is 0.308 e.